The van der Waals surface area contributed by atoms with Gasteiger partial charge in [-0.3, -0.25) is 14.4 Å². The first kappa shape index (κ1) is 21.8. The van der Waals surface area contributed by atoms with Crippen LogP contribution in [0, 0.1) is 0 Å². The van der Waals surface area contributed by atoms with Gasteiger partial charge in [-0.2, -0.15) is 0 Å². The van der Waals surface area contributed by atoms with Crippen LogP contribution in [0.3, 0.4) is 0 Å². The van der Waals surface area contributed by atoms with Crippen LogP contribution in [0.1, 0.15) is 15.9 Å². The van der Waals surface area contributed by atoms with Gasteiger partial charge in [-0.15, -0.1) is 11.3 Å². The molecule has 1 aromatic heterocycles. The molecule has 1 amide bonds. The van der Waals surface area contributed by atoms with Crippen LogP contribution in [0.5, 0.6) is 0 Å². The number of sulfonamides is 1. The summed E-state index contributed by atoms with van der Waals surface area (Å²) in [4.78, 5) is 17.1. The number of anilines is 1. The van der Waals surface area contributed by atoms with Crippen molar-refractivity contribution in [1.82, 2.24) is 9.80 Å². The highest BCUT2D eigenvalue weighted by Crippen LogP contribution is 2.22. The average molecular weight is 476 g/mol. The third-order valence-electron chi connectivity index (χ3n) is 5.10. The lowest BCUT2D eigenvalue weighted by Crippen LogP contribution is -2.48. The number of benzene rings is 2. The smallest absolute Gasteiger partial charge is 0.271 e. The number of nitrogens with one attached hydrogen (secondary N) is 1. The van der Waals surface area contributed by atoms with Gasteiger partial charge in [0.2, 0.25) is 0 Å². The minimum absolute atomic E-state index is 0.0942. The van der Waals surface area contributed by atoms with E-state index in [0.717, 1.165) is 36.0 Å². The van der Waals surface area contributed by atoms with Gasteiger partial charge in [-0.25, -0.2) is 8.42 Å². The van der Waals surface area contributed by atoms with Crippen LogP contribution in [0.15, 0.2) is 70.3 Å². The molecule has 1 aliphatic rings. The second-order valence-corrected chi connectivity index (χ2v) is 10.6. The lowest BCUT2D eigenvalue weighted by atomic mass is 10.1. The maximum absolute atomic E-state index is 13.0. The quantitative estimate of drug-likeness (QED) is 0.581. The Bertz CT molecular complexity index is 1140. The summed E-state index contributed by atoms with van der Waals surface area (Å²) in [5, 5.41) is 2.43. The molecular weight excluding hydrogens is 454 g/mol. The van der Waals surface area contributed by atoms with Crippen LogP contribution >= 0.6 is 22.9 Å². The molecule has 6 nitrogen and oxygen atoms in total. The second kappa shape index (κ2) is 9.40. The van der Waals surface area contributed by atoms with Crippen molar-refractivity contribution in [2.75, 3.05) is 30.9 Å². The molecule has 1 aliphatic heterocycles. The van der Waals surface area contributed by atoms with E-state index in [0.29, 0.717) is 24.3 Å². The highest BCUT2D eigenvalue weighted by Gasteiger charge is 2.23. The Morgan fingerprint density at radius 1 is 1.00 bits per heavy atom. The van der Waals surface area contributed by atoms with E-state index in [1.807, 2.05) is 29.2 Å². The number of thiophene rings is 1. The van der Waals surface area contributed by atoms with Gasteiger partial charge in [0.15, 0.2) is 0 Å². The normalized spacial score (nSPS) is 15.1. The zero-order valence-corrected chi connectivity index (χ0v) is 19.1. The van der Waals surface area contributed by atoms with Crippen molar-refractivity contribution in [3.63, 3.8) is 0 Å². The molecule has 1 N–H and O–H groups in total. The number of nitrogens with zero attached hydrogens (tertiary/aromatic N) is 2. The maximum Gasteiger partial charge on any atom is 0.271 e. The van der Waals surface area contributed by atoms with Gasteiger partial charge >= 0.3 is 0 Å². The highest BCUT2D eigenvalue weighted by atomic mass is 35.5. The molecule has 2 aromatic carbocycles. The van der Waals surface area contributed by atoms with Crippen molar-refractivity contribution in [1.29, 1.82) is 0 Å². The Labute approximate surface area is 191 Å². The molecule has 162 valence electrons. The van der Waals surface area contributed by atoms with Crippen LogP contribution < -0.4 is 4.72 Å². The third-order valence-corrected chi connectivity index (χ3v) is 8.13. The Morgan fingerprint density at radius 2 is 1.74 bits per heavy atom. The lowest BCUT2D eigenvalue weighted by molar-refractivity contribution is 0.0628. The predicted octanol–water partition coefficient (Wildman–Crippen LogP) is 4.16. The number of carbonyl (C=O) groups is 1. The van der Waals surface area contributed by atoms with Gasteiger partial charge < -0.3 is 4.90 Å². The number of rotatable bonds is 6. The van der Waals surface area contributed by atoms with E-state index < -0.39 is 10.0 Å². The molecule has 0 unspecified atom stereocenters. The molecule has 0 spiro atoms. The fourth-order valence-corrected chi connectivity index (χ4v) is 5.65. The Hall–Kier alpha value is -2.39. The van der Waals surface area contributed by atoms with Crippen LogP contribution in [0.25, 0.3) is 0 Å². The van der Waals surface area contributed by atoms with E-state index in [1.165, 1.54) is 5.56 Å². The Kier molecular flexibility index (Phi) is 6.62. The number of halogens is 1. The molecule has 0 bridgehead atoms. The number of piperazine rings is 1. The predicted molar refractivity (Wildman–Crippen MR) is 124 cm³/mol. The van der Waals surface area contributed by atoms with Crippen LogP contribution in [0.4, 0.5) is 5.69 Å². The van der Waals surface area contributed by atoms with Gasteiger partial charge in [0.05, 0.1) is 0 Å². The minimum atomic E-state index is -3.65. The van der Waals surface area contributed by atoms with Crippen molar-refractivity contribution in [2.45, 2.75) is 10.8 Å². The first-order valence-corrected chi connectivity index (χ1v) is 12.6. The molecule has 9 heteroatoms. The topological polar surface area (TPSA) is 69.7 Å². The summed E-state index contributed by atoms with van der Waals surface area (Å²) in [6.07, 6.45) is 0. The van der Waals surface area contributed by atoms with Crippen molar-refractivity contribution >= 4 is 44.6 Å². The SMILES string of the molecule is O=C(c1cccc(NS(=O)(=O)c2cccs2)c1)N1CCN(Cc2ccc(Cl)cc2)CC1. The second-order valence-electron chi connectivity index (χ2n) is 7.31. The lowest BCUT2D eigenvalue weighted by Gasteiger charge is -2.34. The van der Waals surface area contributed by atoms with Gasteiger partial charge in [0, 0.05) is 49.0 Å². The first-order chi connectivity index (χ1) is 14.9. The summed E-state index contributed by atoms with van der Waals surface area (Å²) < 4.78 is 27.7. The molecule has 3 aromatic rings. The zero-order valence-electron chi connectivity index (χ0n) is 16.7. The van der Waals surface area contributed by atoms with E-state index in [9.17, 15) is 13.2 Å². The maximum atomic E-state index is 13.0. The summed E-state index contributed by atoms with van der Waals surface area (Å²) in [5.74, 6) is -0.0942. The van der Waals surface area contributed by atoms with Crippen molar-refractivity contribution in [2.24, 2.45) is 0 Å². The average Bonchev–Trinajstić information content (AvgIpc) is 3.31. The van der Waals surface area contributed by atoms with Gasteiger partial charge in [0.1, 0.15) is 4.21 Å². The molecule has 31 heavy (non-hydrogen) atoms. The summed E-state index contributed by atoms with van der Waals surface area (Å²) in [7, 11) is -3.65. The standard InChI is InChI=1S/C22H22ClN3O3S2/c23-19-8-6-17(7-9-19)16-25-10-12-26(13-11-25)22(27)18-3-1-4-20(15-18)24-31(28,29)21-5-2-14-30-21/h1-9,14-15,24H,10-13,16H2. The van der Waals surface area contributed by atoms with E-state index >= 15 is 0 Å². The monoisotopic (exact) mass is 475 g/mol. The number of carbonyl (C=O) groups excluding carboxylic acids is 1. The van der Waals surface area contributed by atoms with Gasteiger partial charge in [-0.05, 0) is 47.3 Å². The van der Waals surface area contributed by atoms with E-state index in [2.05, 4.69) is 9.62 Å². The molecule has 1 fully saturated rings. The molecule has 0 atom stereocenters. The minimum Gasteiger partial charge on any atom is -0.336 e. The summed E-state index contributed by atoms with van der Waals surface area (Å²) in [6.45, 7) is 3.62. The van der Waals surface area contributed by atoms with E-state index in [1.54, 1.807) is 41.8 Å². The molecule has 1 saturated heterocycles. The first-order valence-electron chi connectivity index (χ1n) is 9.83. The van der Waals surface area contributed by atoms with E-state index in [4.69, 9.17) is 11.6 Å². The third kappa shape index (κ3) is 5.46. The number of hydrogen-bond donors (Lipinski definition) is 1. The number of hydrogen-bond acceptors (Lipinski definition) is 5. The van der Waals surface area contributed by atoms with Crippen LogP contribution in [0.2, 0.25) is 5.02 Å². The summed E-state index contributed by atoms with van der Waals surface area (Å²) >= 11 is 7.09. The molecule has 2 heterocycles. The molecule has 4 rings (SSSR count). The van der Waals surface area contributed by atoms with Crippen molar-refractivity contribution in [3.05, 3.63) is 82.2 Å². The molecule has 0 aliphatic carbocycles. The molecule has 0 saturated carbocycles. The molecule has 0 radical (unpaired) electrons. The summed E-state index contributed by atoms with van der Waals surface area (Å²) in [6, 6.07) is 17.7. The van der Waals surface area contributed by atoms with Crippen molar-refractivity contribution in [3.8, 4) is 0 Å². The van der Waals surface area contributed by atoms with Crippen LogP contribution in [-0.4, -0.2) is 50.3 Å². The Morgan fingerprint density at radius 3 is 2.42 bits per heavy atom. The Balaban J connectivity index is 1.37. The summed E-state index contributed by atoms with van der Waals surface area (Å²) in [5.41, 5.74) is 2.04. The fraction of sp³-hybridized carbons (Fsp3) is 0.227. The van der Waals surface area contributed by atoms with Crippen molar-refractivity contribution < 1.29 is 13.2 Å². The highest BCUT2D eigenvalue weighted by molar-refractivity contribution is 7.94. The molecular formula is C22H22ClN3O3S2. The van der Waals surface area contributed by atoms with Crippen LogP contribution in [-0.2, 0) is 16.6 Å². The largest absolute Gasteiger partial charge is 0.336 e. The van der Waals surface area contributed by atoms with Gasteiger partial charge in [-0.1, -0.05) is 35.9 Å². The number of amides is 1. The zero-order chi connectivity index (χ0) is 21.8. The van der Waals surface area contributed by atoms with Gasteiger partial charge in [0.25, 0.3) is 15.9 Å². The van der Waals surface area contributed by atoms with E-state index in [-0.39, 0.29) is 10.1 Å². The fourth-order valence-electron chi connectivity index (χ4n) is 3.48.